The minimum absolute atomic E-state index is 0.239. The van der Waals surface area contributed by atoms with E-state index in [1.165, 1.54) is 39.5 Å². The van der Waals surface area contributed by atoms with Gasteiger partial charge in [-0.2, -0.15) is 0 Å². The van der Waals surface area contributed by atoms with Crippen LogP contribution in [0.4, 0.5) is 0 Å². The van der Waals surface area contributed by atoms with Gasteiger partial charge in [-0.05, 0) is 42.0 Å². The number of hydrogen-bond donors (Lipinski definition) is 0. The van der Waals surface area contributed by atoms with Gasteiger partial charge in [-0.25, -0.2) is 4.79 Å². The van der Waals surface area contributed by atoms with Gasteiger partial charge in [0, 0.05) is 17.7 Å². The molecule has 0 atom stereocenters. The molecule has 0 bridgehead atoms. The topological polar surface area (TPSA) is 84.2 Å². The number of benzene rings is 3. The van der Waals surface area contributed by atoms with E-state index in [9.17, 15) is 9.59 Å². The van der Waals surface area contributed by atoms with Crippen molar-refractivity contribution >= 4 is 23.0 Å². The molecule has 0 aliphatic carbocycles. The average Bonchev–Trinajstić information content (AvgIpc) is 2.87. The van der Waals surface area contributed by atoms with Gasteiger partial charge in [-0.3, -0.25) is 4.79 Å². The molecule has 0 unspecified atom stereocenters. The van der Waals surface area contributed by atoms with Crippen LogP contribution in [-0.4, -0.2) is 27.3 Å². The Balaban J connectivity index is 1.63. The fraction of sp³-hybridized carbons (Fsp3) is 0.111. The number of rotatable bonds is 7. The molecule has 0 N–H and O–H groups in total. The summed E-state index contributed by atoms with van der Waals surface area (Å²) >= 11 is 0. The molecule has 1 aromatic heterocycles. The lowest BCUT2D eigenvalue weighted by molar-refractivity contribution is -0.128. The van der Waals surface area contributed by atoms with Crippen LogP contribution in [0.25, 0.3) is 28.4 Å². The zero-order valence-electron chi connectivity index (χ0n) is 18.9. The minimum atomic E-state index is -0.554. The maximum absolute atomic E-state index is 12.9. The Morgan fingerprint density at radius 2 is 1.56 bits per heavy atom. The molecule has 7 nitrogen and oxygen atoms in total. The lowest BCUT2D eigenvalue weighted by Gasteiger charge is -2.14. The van der Waals surface area contributed by atoms with E-state index in [0.717, 1.165) is 5.56 Å². The van der Waals surface area contributed by atoms with Crippen molar-refractivity contribution in [2.24, 2.45) is 0 Å². The number of esters is 1. The zero-order chi connectivity index (χ0) is 24.1. The molecule has 4 aromatic rings. The van der Waals surface area contributed by atoms with E-state index < -0.39 is 5.97 Å². The molecule has 0 amide bonds. The van der Waals surface area contributed by atoms with E-state index in [2.05, 4.69) is 0 Å². The fourth-order valence-electron chi connectivity index (χ4n) is 3.44. The van der Waals surface area contributed by atoms with Gasteiger partial charge in [0.1, 0.15) is 17.1 Å². The molecule has 1 heterocycles. The Bertz CT molecular complexity index is 1390. The van der Waals surface area contributed by atoms with Gasteiger partial charge < -0.3 is 23.4 Å². The summed E-state index contributed by atoms with van der Waals surface area (Å²) in [5, 5.41) is 0.286. The second-order valence-corrected chi connectivity index (χ2v) is 7.21. The number of fused-ring (bicyclic) bond motifs is 1. The summed E-state index contributed by atoms with van der Waals surface area (Å²) in [6.07, 6.45) is 2.98. The highest BCUT2D eigenvalue weighted by atomic mass is 16.5. The molecule has 0 aliphatic rings. The highest BCUT2D eigenvalue weighted by Gasteiger charge is 2.17. The summed E-state index contributed by atoms with van der Waals surface area (Å²) in [6, 6.07) is 18.8. The summed E-state index contributed by atoms with van der Waals surface area (Å²) in [4.78, 5) is 25.0. The Morgan fingerprint density at radius 3 is 2.21 bits per heavy atom. The van der Waals surface area contributed by atoms with Gasteiger partial charge in [-0.1, -0.05) is 30.3 Å². The number of methoxy groups -OCH3 is 3. The number of ether oxygens (including phenoxy) is 4. The van der Waals surface area contributed by atoms with Gasteiger partial charge in [0.15, 0.2) is 16.9 Å². The first-order valence-electron chi connectivity index (χ1n) is 10.4. The first-order valence-corrected chi connectivity index (χ1v) is 10.4. The quantitative estimate of drug-likeness (QED) is 0.216. The Labute approximate surface area is 195 Å². The number of carbonyl (C=O) groups excluding carboxylic acids is 1. The maximum Gasteiger partial charge on any atom is 0.336 e. The molecule has 4 rings (SSSR count). The summed E-state index contributed by atoms with van der Waals surface area (Å²) in [5.41, 5.74) is 1.51. The third-order valence-electron chi connectivity index (χ3n) is 5.08. The van der Waals surface area contributed by atoms with Crippen molar-refractivity contribution in [3.8, 4) is 34.3 Å². The zero-order valence-corrected chi connectivity index (χ0v) is 18.9. The van der Waals surface area contributed by atoms with E-state index in [0.29, 0.717) is 34.2 Å². The molecular weight excluding hydrogens is 436 g/mol. The lowest BCUT2D eigenvalue weighted by Crippen LogP contribution is -2.05. The molecule has 0 saturated carbocycles. The van der Waals surface area contributed by atoms with E-state index in [1.807, 2.05) is 30.3 Å². The predicted molar refractivity (Wildman–Crippen MR) is 129 cm³/mol. The standard InChI is InChI=1S/C27H22O7/c1-30-24-13-18(14-25(31-2)27(24)32-3)23-16-21(28)20-15-19(10-11-22(20)34-23)33-26(29)12-9-17-7-5-4-6-8-17/h4-16H,1-3H3/b12-9+. The fourth-order valence-corrected chi connectivity index (χ4v) is 3.44. The largest absolute Gasteiger partial charge is 0.493 e. The monoisotopic (exact) mass is 458 g/mol. The van der Waals surface area contributed by atoms with E-state index in [4.69, 9.17) is 23.4 Å². The first kappa shape index (κ1) is 22.7. The summed E-state index contributed by atoms with van der Waals surface area (Å²) in [5.74, 6) is 1.32. The molecule has 0 saturated heterocycles. The van der Waals surface area contributed by atoms with Gasteiger partial charge in [0.25, 0.3) is 0 Å². The van der Waals surface area contributed by atoms with Crippen LogP contribution in [0.5, 0.6) is 23.0 Å². The molecule has 0 spiro atoms. The van der Waals surface area contributed by atoms with Crippen molar-refractivity contribution in [1.29, 1.82) is 0 Å². The predicted octanol–water partition coefficient (Wildman–Crippen LogP) is 5.10. The first-order chi connectivity index (χ1) is 16.5. The minimum Gasteiger partial charge on any atom is -0.493 e. The molecule has 172 valence electrons. The second-order valence-electron chi connectivity index (χ2n) is 7.21. The van der Waals surface area contributed by atoms with Gasteiger partial charge >= 0.3 is 5.97 Å². The Morgan fingerprint density at radius 1 is 0.853 bits per heavy atom. The van der Waals surface area contributed by atoms with Gasteiger partial charge in [0.2, 0.25) is 5.75 Å². The van der Waals surface area contributed by atoms with Crippen LogP contribution in [0.2, 0.25) is 0 Å². The molecule has 0 fully saturated rings. The third kappa shape index (κ3) is 4.78. The Kier molecular flexibility index (Phi) is 6.64. The van der Waals surface area contributed by atoms with Crippen LogP contribution in [0, 0.1) is 0 Å². The molecular formula is C27H22O7. The van der Waals surface area contributed by atoms with Crippen LogP contribution in [-0.2, 0) is 4.79 Å². The molecule has 0 radical (unpaired) electrons. The van der Waals surface area contributed by atoms with E-state index in [-0.39, 0.29) is 16.6 Å². The molecule has 3 aromatic carbocycles. The third-order valence-corrected chi connectivity index (χ3v) is 5.08. The van der Waals surface area contributed by atoms with Gasteiger partial charge in [0.05, 0.1) is 26.7 Å². The highest BCUT2D eigenvalue weighted by molar-refractivity contribution is 5.89. The summed E-state index contributed by atoms with van der Waals surface area (Å²) < 4.78 is 27.4. The smallest absolute Gasteiger partial charge is 0.336 e. The van der Waals surface area contributed by atoms with Crippen LogP contribution < -0.4 is 24.4 Å². The lowest BCUT2D eigenvalue weighted by atomic mass is 10.1. The van der Waals surface area contributed by atoms with Crippen molar-refractivity contribution in [3.05, 3.63) is 88.6 Å². The molecule has 34 heavy (non-hydrogen) atoms. The van der Waals surface area contributed by atoms with E-state index in [1.54, 1.807) is 30.3 Å². The normalized spacial score (nSPS) is 10.9. The number of hydrogen-bond acceptors (Lipinski definition) is 7. The second kappa shape index (κ2) is 9.95. The molecule has 0 aliphatic heterocycles. The highest BCUT2D eigenvalue weighted by Crippen LogP contribution is 2.41. The summed E-state index contributed by atoms with van der Waals surface area (Å²) in [7, 11) is 4.53. The van der Waals surface area contributed by atoms with Crippen molar-refractivity contribution in [2.45, 2.75) is 0 Å². The van der Waals surface area contributed by atoms with Crippen molar-refractivity contribution in [1.82, 2.24) is 0 Å². The van der Waals surface area contributed by atoms with Crippen LogP contribution in [0.3, 0.4) is 0 Å². The maximum atomic E-state index is 12.9. The van der Waals surface area contributed by atoms with Crippen LogP contribution >= 0.6 is 0 Å². The summed E-state index contributed by atoms with van der Waals surface area (Å²) in [6.45, 7) is 0. The van der Waals surface area contributed by atoms with Crippen LogP contribution in [0.15, 0.2) is 82.0 Å². The Hall–Kier alpha value is -4.52. The molecule has 7 heteroatoms. The number of carbonyl (C=O) groups is 1. The van der Waals surface area contributed by atoms with Crippen molar-refractivity contribution in [2.75, 3.05) is 21.3 Å². The van der Waals surface area contributed by atoms with Gasteiger partial charge in [-0.15, -0.1) is 0 Å². The van der Waals surface area contributed by atoms with Crippen molar-refractivity contribution in [3.63, 3.8) is 0 Å². The van der Waals surface area contributed by atoms with Crippen LogP contribution in [0.1, 0.15) is 5.56 Å². The average molecular weight is 458 g/mol. The van der Waals surface area contributed by atoms with Crippen molar-refractivity contribution < 1.29 is 28.2 Å². The van der Waals surface area contributed by atoms with E-state index >= 15 is 0 Å². The SMILES string of the molecule is COc1cc(-c2cc(=O)c3cc(OC(=O)/C=C/c4ccccc4)ccc3o2)cc(OC)c1OC.